The van der Waals surface area contributed by atoms with Gasteiger partial charge in [-0.25, -0.2) is 0 Å². The number of piperazine rings is 1. The van der Waals surface area contributed by atoms with Crippen LogP contribution < -0.4 is 10.2 Å². The van der Waals surface area contributed by atoms with Crippen LogP contribution in [-0.4, -0.2) is 67.4 Å². The van der Waals surface area contributed by atoms with Gasteiger partial charge < -0.3 is 15.1 Å². The van der Waals surface area contributed by atoms with E-state index in [9.17, 15) is 9.59 Å². The zero-order valence-electron chi connectivity index (χ0n) is 18.3. The summed E-state index contributed by atoms with van der Waals surface area (Å²) in [5.74, 6) is 0.0999. The van der Waals surface area contributed by atoms with Crippen LogP contribution >= 0.6 is 11.3 Å². The predicted octanol–water partition coefficient (Wildman–Crippen LogP) is 3.83. The monoisotopic (exact) mass is 440 g/mol. The van der Waals surface area contributed by atoms with Gasteiger partial charge in [-0.2, -0.15) is 0 Å². The van der Waals surface area contributed by atoms with E-state index in [0.29, 0.717) is 19.6 Å². The lowest BCUT2D eigenvalue weighted by Gasteiger charge is -2.34. The number of hydrogen-bond acceptors (Lipinski definition) is 5. The quantitative estimate of drug-likeness (QED) is 0.768. The summed E-state index contributed by atoms with van der Waals surface area (Å²) in [6.07, 6.45) is 5.15. The lowest BCUT2D eigenvalue weighted by molar-refractivity contribution is -0.117. The number of carbonyl (C=O) groups excluding carboxylic acids is 2. The van der Waals surface area contributed by atoms with Crippen LogP contribution in [0.3, 0.4) is 0 Å². The number of hydrogen-bond donors (Lipinski definition) is 1. The van der Waals surface area contributed by atoms with Crippen molar-refractivity contribution < 1.29 is 9.59 Å². The Bertz CT molecular complexity index is 879. The van der Waals surface area contributed by atoms with Crippen molar-refractivity contribution in [3.63, 3.8) is 0 Å². The molecule has 2 fully saturated rings. The molecule has 6 nitrogen and oxygen atoms in total. The number of aryl methyl sites for hydroxylation is 1. The number of rotatable bonds is 5. The van der Waals surface area contributed by atoms with E-state index in [1.165, 1.54) is 31.4 Å². The van der Waals surface area contributed by atoms with Crippen molar-refractivity contribution in [3.8, 4) is 0 Å². The Balaban J connectivity index is 1.22. The molecule has 0 atom stereocenters. The fourth-order valence-electron chi connectivity index (χ4n) is 4.30. The topological polar surface area (TPSA) is 55.9 Å². The molecule has 2 saturated heterocycles. The minimum atomic E-state index is -0.00354. The van der Waals surface area contributed by atoms with Crippen LogP contribution in [0.25, 0.3) is 0 Å². The molecular weight excluding hydrogens is 408 g/mol. The summed E-state index contributed by atoms with van der Waals surface area (Å²) < 4.78 is 0. The van der Waals surface area contributed by atoms with Gasteiger partial charge in [0.15, 0.2) is 0 Å². The van der Waals surface area contributed by atoms with Gasteiger partial charge in [0.25, 0.3) is 5.91 Å². The molecule has 7 heteroatoms. The standard InChI is InChI=1S/C24H32N4O2S/c1-19-6-11-22(31-19)24(30)28-16-14-26(15-17-28)18-23(29)25-20-7-9-21(10-8-20)27-12-4-2-3-5-13-27/h6-11H,2-5,12-18H2,1H3,(H,25,29). The maximum Gasteiger partial charge on any atom is 0.264 e. The van der Waals surface area contributed by atoms with Gasteiger partial charge in [0, 0.05) is 55.5 Å². The van der Waals surface area contributed by atoms with Gasteiger partial charge in [-0.05, 0) is 56.2 Å². The average molecular weight is 441 g/mol. The number of amides is 2. The minimum absolute atomic E-state index is 0.00354. The van der Waals surface area contributed by atoms with Gasteiger partial charge in [-0.15, -0.1) is 11.3 Å². The van der Waals surface area contributed by atoms with Crippen LogP contribution in [0.1, 0.15) is 40.2 Å². The number of anilines is 2. The van der Waals surface area contributed by atoms with Crippen LogP contribution in [0.5, 0.6) is 0 Å². The molecule has 3 heterocycles. The van der Waals surface area contributed by atoms with Crippen molar-refractivity contribution in [3.05, 3.63) is 46.2 Å². The van der Waals surface area contributed by atoms with Crippen molar-refractivity contribution in [2.45, 2.75) is 32.6 Å². The molecule has 0 spiro atoms. The summed E-state index contributed by atoms with van der Waals surface area (Å²) >= 11 is 1.54. The van der Waals surface area contributed by atoms with E-state index < -0.39 is 0 Å². The molecule has 166 valence electrons. The van der Waals surface area contributed by atoms with Crippen LogP contribution in [0.2, 0.25) is 0 Å². The average Bonchev–Trinajstić information content (AvgIpc) is 3.04. The number of thiophene rings is 1. The highest BCUT2D eigenvalue weighted by atomic mass is 32.1. The highest BCUT2D eigenvalue weighted by molar-refractivity contribution is 7.13. The minimum Gasteiger partial charge on any atom is -0.372 e. The third-order valence-corrected chi connectivity index (χ3v) is 7.09. The van der Waals surface area contributed by atoms with Crippen molar-refractivity contribution in [1.29, 1.82) is 0 Å². The van der Waals surface area contributed by atoms with Gasteiger partial charge in [-0.1, -0.05) is 12.8 Å². The molecule has 2 aromatic rings. The van der Waals surface area contributed by atoms with Gasteiger partial charge in [0.05, 0.1) is 11.4 Å². The maximum atomic E-state index is 12.6. The first-order valence-corrected chi connectivity index (χ1v) is 12.1. The fraction of sp³-hybridized carbons (Fsp3) is 0.500. The van der Waals surface area contributed by atoms with Crippen molar-refractivity contribution in [1.82, 2.24) is 9.80 Å². The van der Waals surface area contributed by atoms with Crippen LogP contribution in [0, 0.1) is 6.92 Å². The summed E-state index contributed by atoms with van der Waals surface area (Å²) in [5, 5.41) is 3.02. The third kappa shape index (κ3) is 5.86. The molecule has 0 bridgehead atoms. The van der Waals surface area contributed by atoms with E-state index in [0.717, 1.165) is 41.6 Å². The van der Waals surface area contributed by atoms with E-state index in [4.69, 9.17) is 0 Å². The van der Waals surface area contributed by atoms with Crippen molar-refractivity contribution in [2.24, 2.45) is 0 Å². The Morgan fingerprint density at radius 3 is 2.16 bits per heavy atom. The molecule has 0 saturated carbocycles. The summed E-state index contributed by atoms with van der Waals surface area (Å²) in [5.41, 5.74) is 2.08. The summed E-state index contributed by atoms with van der Waals surface area (Å²) in [6, 6.07) is 12.1. The van der Waals surface area contributed by atoms with Gasteiger partial charge in [0.1, 0.15) is 0 Å². The number of carbonyl (C=O) groups is 2. The Kier molecular flexibility index (Phi) is 7.25. The Morgan fingerprint density at radius 1 is 0.871 bits per heavy atom. The zero-order chi connectivity index (χ0) is 21.6. The molecule has 2 aliphatic rings. The fourth-order valence-corrected chi connectivity index (χ4v) is 5.14. The Morgan fingerprint density at radius 2 is 1.55 bits per heavy atom. The second-order valence-electron chi connectivity index (χ2n) is 8.47. The molecule has 2 amide bonds. The second-order valence-corrected chi connectivity index (χ2v) is 9.76. The van der Waals surface area contributed by atoms with Crippen molar-refractivity contribution >= 4 is 34.5 Å². The van der Waals surface area contributed by atoms with E-state index in [1.807, 2.05) is 36.1 Å². The van der Waals surface area contributed by atoms with Crippen LogP contribution in [0.15, 0.2) is 36.4 Å². The van der Waals surface area contributed by atoms with Gasteiger partial charge >= 0.3 is 0 Å². The molecule has 0 unspecified atom stereocenters. The van der Waals surface area contributed by atoms with Crippen LogP contribution in [0.4, 0.5) is 11.4 Å². The second kappa shape index (κ2) is 10.3. The lowest BCUT2D eigenvalue weighted by Crippen LogP contribution is -2.50. The van der Waals surface area contributed by atoms with E-state index in [-0.39, 0.29) is 11.8 Å². The number of nitrogens with zero attached hydrogens (tertiary/aromatic N) is 3. The molecule has 1 aromatic carbocycles. The van der Waals surface area contributed by atoms with E-state index in [1.54, 1.807) is 11.3 Å². The molecule has 2 aliphatic heterocycles. The normalized spacial score (nSPS) is 18.0. The van der Waals surface area contributed by atoms with E-state index >= 15 is 0 Å². The Hall–Kier alpha value is -2.38. The molecule has 0 radical (unpaired) electrons. The van der Waals surface area contributed by atoms with E-state index in [2.05, 4.69) is 27.2 Å². The zero-order valence-corrected chi connectivity index (χ0v) is 19.1. The highest BCUT2D eigenvalue weighted by Crippen LogP contribution is 2.22. The first-order valence-electron chi connectivity index (χ1n) is 11.3. The lowest BCUT2D eigenvalue weighted by atomic mass is 10.2. The van der Waals surface area contributed by atoms with Gasteiger partial charge in [-0.3, -0.25) is 14.5 Å². The molecule has 1 aromatic heterocycles. The van der Waals surface area contributed by atoms with Crippen LogP contribution in [-0.2, 0) is 4.79 Å². The smallest absolute Gasteiger partial charge is 0.264 e. The molecular formula is C24H32N4O2S. The molecule has 31 heavy (non-hydrogen) atoms. The summed E-state index contributed by atoms with van der Waals surface area (Å²) in [7, 11) is 0. The molecule has 1 N–H and O–H groups in total. The SMILES string of the molecule is Cc1ccc(C(=O)N2CCN(CC(=O)Nc3ccc(N4CCCCCC4)cc3)CC2)s1. The predicted molar refractivity (Wildman–Crippen MR) is 127 cm³/mol. The Labute approximate surface area is 188 Å². The first-order chi connectivity index (χ1) is 15.1. The maximum absolute atomic E-state index is 12.6. The summed E-state index contributed by atoms with van der Waals surface area (Å²) in [6.45, 7) is 7.36. The number of nitrogens with one attached hydrogen (secondary N) is 1. The third-order valence-electron chi connectivity index (χ3n) is 6.10. The van der Waals surface area contributed by atoms with Gasteiger partial charge in [0.2, 0.25) is 5.91 Å². The highest BCUT2D eigenvalue weighted by Gasteiger charge is 2.24. The first kappa shape index (κ1) is 21.8. The molecule has 0 aliphatic carbocycles. The molecule has 4 rings (SSSR count). The largest absolute Gasteiger partial charge is 0.372 e. The number of benzene rings is 1. The summed E-state index contributed by atoms with van der Waals surface area (Å²) in [4.78, 5) is 33.5. The van der Waals surface area contributed by atoms with Crippen molar-refractivity contribution in [2.75, 3.05) is 56.0 Å².